The molecule has 0 radical (unpaired) electrons. The molecule has 0 aliphatic rings. The zero-order valence-electron chi connectivity index (χ0n) is 6.53. The van der Waals surface area contributed by atoms with Gasteiger partial charge in [-0.25, -0.2) is 5.26 Å². The lowest BCUT2D eigenvalue weighted by atomic mass is 9.86. The van der Waals surface area contributed by atoms with Crippen molar-refractivity contribution in [2.24, 2.45) is 5.41 Å². The van der Waals surface area contributed by atoms with Crippen molar-refractivity contribution in [3.63, 3.8) is 0 Å². The Morgan fingerprint density at radius 1 is 1.08 bits per heavy atom. The summed E-state index contributed by atoms with van der Waals surface area (Å²) in [5.41, 5.74) is -2.61. The summed E-state index contributed by atoms with van der Waals surface area (Å²) in [6.07, 6.45) is -2.50. The van der Waals surface area contributed by atoms with Crippen LogP contribution in [0.5, 0.6) is 0 Å². The topological polar surface area (TPSA) is 151 Å². The lowest BCUT2D eigenvalue weighted by Gasteiger charge is -2.38. The number of hydrogen-bond acceptors (Lipinski definition) is 8. The molecule has 0 saturated heterocycles. The van der Waals surface area contributed by atoms with Crippen LogP contribution in [0.2, 0.25) is 0 Å². The van der Waals surface area contributed by atoms with E-state index in [1.54, 1.807) is 0 Å². The maximum absolute atomic E-state index is 8.85. The van der Waals surface area contributed by atoms with Gasteiger partial charge in [-0.15, -0.1) is 0 Å². The summed E-state index contributed by atoms with van der Waals surface area (Å²) >= 11 is 0. The minimum Gasteiger partial charge on any atom is -0.395 e. The van der Waals surface area contributed by atoms with Gasteiger partial charge < -0.3 is 30.6 Å². The van der Waals surface area contributed by atoms with E-state index in [0.29, 0.717) is 0 Å². The van der Waals surface area contributed by atoms with Gasteiger partial charge in [0, 0.05) is 0 Å². The standard InChI is InChI=1S/C5H12O8/c6-1-4(2-7,3(8)9)5(10,11)13-12/h3,6-12H,1-2H2. The van der Waals surface area contributed by atoms with Crippen molar-refractivity contribution in [1.82, 2.24) is 0 Å². The van der Waals surface area contributed by atoms with Crippen molar-refractivity contribution in [3.05, 3.63) is 0 Å². The molecule has 13 heavy (non-hydrogen) atoms. The molecule has 0 fully saturated rings. The summed E-state index contributed by atoms with van der Waals surface area (Å²) in [6.45, 7) is -2.45. The molecular formula is C5H12O8. The van der Waals surface area contributed by atoms with Crippen molar-refractivity contribution in [2.75, 3.05) is 13.2 Å². The van der Waals surface area contributed by atoms with Crippen molar-refractivity contribution >= 4 is 0 Å². The quantitative estimate of drug-likeness (QED) is 0.136. The Balaban J connectivity index is 4.97. The van der Waals surface area contributed by atoms with Crippen LogP contribution in [0.25, 0.3) is 0 Å². The summed E-state index contributed by atoms with van der Waals surface area (Å²) in [4.78, 5) is 3.12. The summed E-state index contributed by atoms with van der Waals surface area (Å²) in [5.74, 6) is -3.47. The minimum absolute atomic E-state index is 1.23. The van der Waals surface area contributed by atoms with Crippen LogP contribution in [0.1, 0.15) is 0 Å². The molecule has 0 atom stereocenters. The van der Waals surface area contributed by atoms with Crippen LogP contribution < -0.4 is 0 Å². The van der Waals surface area contributed by atoms with Crippen molar-refractivity contribution in [1.29, 1.82) is 0 Å². The van der Waals surface area contributed by atoms with E-state index in [4.69, 9.17) is 35.9 Å². The second kappa shape index (κ2) is 4.26. The zero-order chi connectivity index (χ0) is 10.7. The molecule has 8 heteroatoms. The maximum atomic E-state index is 8.85. The van der Waals surface area contributed by atoms with Crippen LogP contribution in [0.15, 0.2) is 0 Å². The molecule has 0 rings (SSSR count). The van der Waals surface area contributed by atoms with Crippen LogP contribution >= 0.6 is 0 Å². The highest BCUT2D eigenvalue weighted by Gasteiger charge is 2.56. The Morgan fingerprint density at radius 2 is 1.46 bits per heavy atom. The number of aliphatic hydroxyl groups is 6. The average Bonchev–Trinajstić information content (AvgIpc) is 2.06. The first-order valence-corrected chi connectivity index (χ1v) is 3.23. The van der Waals surface area contributed by atoms with E-state index in [9.17, 15) is 0 Å². The highest BCUT2D eigenvalue weighted by Crippen LogP contribution is 2.32. The molecule has 0 aromatic carbocycles. The zero-order valence-corrected chi connectivity index (χ0v) is 6.53. The molecule has 0 aromatic heterocycles. The van der Waals surface area contributed by atoms with Gasteiger partial charge in [0.1, 0.15) is 0 Å². The van der Waals surface area contributed by atoms with E-state index in [0.717, 1.165) is 0 Å². The first-order chi connectivity index (χ1) is 5.88. The molecule has 0 aliphatic carbocycles. The van der Waals surface area contributed by atoms with Crippen LogP contribution in [-0.4, -0.2) is 61.4 Å². The first kappa shape index (κ1) is 12.7. The van der Waals surface area contributed by atoms with E-state index in [1.807, 2.05) is 0 Å². The van der Waals surface area contributed by atoms with Gasteiger partial charge in [-0.05, 0) is 0 Å². The number of rotatable bonds is 5. The largest absolute Gasteiger partial charge is 0.395 e. The highest BCUT2D eigenvalue weighted by molar-refractivity contribution is 4.87. The third kappa shape index (κ3) is 1.95. The molecular weight excluding hydrogens is 188 g/mol. The van der Waals surface area contributed by atoms with Gasteiger partial charge in [0.25, 0.3) is 0 Å². The number of aliphatic hydroxyl groups excluding tert-OH is 3. The predicted molar refractivity (Wildman–Crippen MR) is 35.7 cm³/mol. The van der Waals surface area contributed by atoms with Gasteiger partial charge >= 0.3 is 5.97 Å². The second-order valence-electron chi connectivity index (χ2n) is 2.55. The van der Waals surface area contributed by atoms with E-state index in [1.165, 1.54) is 0 Å². The lowest BCUT2D eigenvalue weighted by molar-refractivity contribution is -0.524. The Bertz CT molecular complexity index is 151. The van der Waals surface area contributed by atoms with Crippen LogP contribution in [0, 0.1) is 5.41 Å². The summed E-state index contributed by atoms with van der Waals surface area (Å²) in [6, 6.07) is 0. The van der Waals surface area contributed by atoms with Gasteiger partial charge in [0.15, 0.2) is 11.7 Å². The Labute approximate surface area is 72.8 Å². The SMILES string of the molecule is OCC(CO)(C(O)O)C(O)(O)OO. The Hall–Kier alpha value is -0.320. The molecule has 8 nitrogen and oxygen atoms in total. The molecule has 0 aliphatic heterocycles. The number of hydrogen-bond donors (Lipinski definition) is 7. The molecule has 0 amide bonds. The molecule has 0 heterocycles. The fourth-order valence-electron chi connectivity index (χ4n) is 0.678. The van der Waals surface area contributed by atoms with Crippen molar-refractivity contribution in [2.45, 2.75) is 12.3 Å². The molecule has 0 spiro atoms. The van der Waals surface area contributed by atoms with Crippen LogP contribution in [0.4, 0.5) is 0 Å². The molecule has 0 unspecified atom stereocenters. The summed E-state index contributed by atoms with van der Waals surface area (Å²) in [5, 5.41) is 60.2. The predicted octanol–water partition coefficient (Wildman–Crippen LogP) is -3.60. The van der Waals surface area contributed by atoms with Gasteiger partial charge in [-0.3, -0.25) is 0 Å². The fraction of sp³-hybridized carbons (Fsp3) is 1.00. The third-order valence-corrected chi connectivity index (χ3v) is 1.83. The summed E-state index contributed by atoms with van der Waals surface area (Å²) < 4.78 is 0. The Morgan fingerprint density at radius 3 is 1.54 bits per heavy atom. The molecule has 7 N–H and O–H groups in total. The highest BCUT2D eigenvalue weighted by atomic mass is 17.2. The van der Waals surface area contributed by atoms with Gasteiger partial charge in [-0.2, -0.15) is 4.89 Å². The monoisotopic (exact) mass is 200 g/mol. The fourth-order valence-corrected chi connectivity index (χ4v) is 0.678. The van der Waals surface area contributed by atoms with Crippen LogP contribution in [-0.2, 0) is 4.89 Å². The first-order valence-electron chi connectivity index (χ1n) is 3.23. The van der Waals surface area contributed by atoms with E-state index in [2.05, 4.69) is 4.89 Å². The van der Waals surface area contributed by atoms with E-state index >= 15 is 0 Å². The van der Waals surface area contributed by atoms with Crippen molar-refractivity contribution < 1.29 is 40.8 Å². The molecule has 0 aromatic rings. The smallest absolute Gasteiger partial charge is 0.322 e. The normalized spacial score (nSPS) is 13.8. The van der Waals surface area contributed by atoms with Gasteiger partial charge in [0.2, 0.25) is 0 Å². The summed E-state index contributed by atoms with van der Waals surface area (Å²) in [7, 11) is 0. The van der Waals surface area contributed by atoms with Gasteiger partial charge in [-0.1, -0.05) is 0 Å². The average molecular weight is 200 g/mol. The molecule has 80 valence electrons. The van der Waals surface area contributed by atoms with Crippen LogP contribution in [0.3, 0.4) is 0 Å². The van der Waals surface area contributed by atoms with E-state index in [-0.39, 0.29) is 0 Å². The molecule has 0 bridgehead atoms. The van der Waals surface area contributed by atoms with E-state index < -0.39 is 30.9 Å². The molecule has 0 saturated carbocycles. The Kier molecular flexibility index (Phi) is 4.16. The third-order valence-electron chi connectivity index (χ3n) is 1.83. The van der Waals surface area contributed by atoms with Crippen molar-refractivity contribution in [3.8, 4) is 0 Å². The second-order valence-corrected chi connectivity index (χ2v) is 2.55. The maximum Gasteiger partial charge on any atom is 0.322 e. The van der Waals surface area contributed by atoms with Gasteiger partial charge in [0.05, 0.1) is 13.2 Å². The minimum atomic E-state index is -3.47. The lowest BCUT2D eigenvalue weighted by Crippen LogP contribution is -2.60.